The lowest BCUT2D eigenvalue weighted by molar-refractivity contribution is -0.0197. The summed E-state index contributed by atoms with van der Waals surface area (Å²) < 4.78 is 18.1. The molecule has 0 bridgehead atoms. The molecule has 0 radical (unpaired) electrons. The minimum absolute atomic E-state index is 0.187. The van der Waals surface area contributed by atoms with Gasteiger partial charge in [0.1, 0.15) is 5.75 Å². The molecule has 6 nitrogen and oxygen atoms in total. The van der Waals surface area contributed by atoms with Crippen LogP contribution in [0.3, 0.4) is 0 Å². The number of unbranched alkanes of at least 4 members (excludes halogenated alkanes) is 1. The van der Waals surface area contributed by atoms with Crippen LogP contribution in [-0.4, -0.2) is 61.2 Å². The molecule has 1 aromatic heterocycles. The fourth-order valence-corrected chi connectivity index (χ4v) is 5.11. The van der Waals surface area contributed by atoms with Gasteiger partial charge in [-0.05, 0) is 76.2 Å². The number of nitrogens with zero attached hydrogens (tertiary/aromatic N) is 3. The van der Waals surface area contributed by atoms with Gasteiger partial charge in [0.15, 0.2) is 0 Å². The van der Waals surface area contributed by atoms with Gasteiger partial charge in [-0.1, -0.05) is 31.9 Å². The van der Waals surface area contributed by atoms with Crippen molar-refractivity contribution in [1.82, 2.24) is 15.1 Å². The van der Waals surface area contributed by atoms with Crippen molar-refractivity contribution in [3.8, 4) is 22.8 Å². The van der Waals surface area contributed by atoms with Gasteiger partial charge in [-0.25, -0.2) is 0 Å². The van der Waals surface area contributed by atoms with Gasteiger partial charge in [0.25, 0.3) is 0 Å². The Labute approximate surface area is 205 Å². The first kappa shape index (κ1) is 24.9. The number of piperidine rings is 1. The number of hydrogen-bond acceptors (Lipinski definition) is 6. The van der Waals surface area contributed by atoms with E-state index in [4.69, 9.17) is 14.2 Å². The molecular weight excluding hydrogens is 426 g/mol. The van der Waals surface area contributed by atoms with Crippen LogP contribution < -0.4 is 9.47 Å². The average molecular weight is 468 g/mol. The molecule has 1 saturated carbocycles. The fraction of sp³-hybridized carbons (Fsp3) is 0.643. The zero-order valence-corrected chi connectivity index (χ0v) is 21.2. The first-order chi connectivity index (χ1) is 16.7. The maximum atomic E-state index is 6.23. The fourth-order valence-electron chi connectivity index (χ4n) is 5.11. The van der Waals surface area contributed by atoms with Crippen LogP contribution in [0.25, 0.3) is 11.1 Å². The Morgan fingerprint density at radius 3 is 2.56 bits per heavy atom. The molecule has 0 spiro atoms. The van der Waals surface area contributed by atoms with Crippen LogP contribution in [-0.2, 0) is 11.2 Å². The van der Waals surface area contributed by atoms with E-state index in [0.29, 0.717) is 24.5 Å². The minimum Gasteiger partial charge on any atom is -0.490 e. The lowest BCUT2D eigenvalue weighted by Gasteiger charge is -2.35. The molecule has 1 aliphatic carbocycles. The van der Waals surface area contributed by atoms with Crippen molar-refractivity contribution in [3.63, 3.8) is 0 Å². The number of aromatic nitrogens is 2. The SMILES string of the molecule is CCCCc1nnc(OC[C@@H]2CCN(C)C[C@H]2OC)cc1-c1ccc(OC2CCCCC2)cc1. The maximum absolute atomic E-state index is 6.23. The summed E-state index contributed by atoms with van der Waals surface area (Å²) in [6.45, 7) is 4.81. The van der Waals surface area contributed by atoms with E-state index in [0.717, 1.165) is 61.3 Å². The highest BCUT2D eigenvalue weighted by atomic mass is 16.5. The van der Waals surface area contributed by atoms with Crippen molar-refractivity contribution in [2.24, 2.45) is 5.92 Å². The average Bonchev–Trinajstić information content (AvgIpc) is 2.88. The second-order valence-corrected chi connectivity index (χ2v) is 9.94. The largest absolute Gasteiger partial charge is 0.490 e. The van der Waals surface area contributed by atoms with Gasteiger partial charge in [0, 0.05) is 31.2 Å². The van der Waals surface area contributed by atoms with Gasteiger partial charge in [0.05, 0.1) is 24.5 Å². The van der Waals surface area contributed by atoms with Crippen LogP contribution in [0.5, 0.6) is 11.6 Å². The molecule has 0 unspecified atom stereocenters. The third kappa shape index (κ3) is 6.70. The summed E-state index contributed by atoms with van der Waals surface area (Å²) in [5, 5.41) is 8.99. The summed E-state index contributed by atoms with van der Waals surface area (Å²) >= 11 is 0. The highest BCUT2D eigenvalue weighted by Crippen LogP contribution is 2.30. The molecule has 4 rings (SSSR count). The van der Waals surface area contributed by atoms with E-state index in [-0.39, 0.29) is 6.10 Å². The molecule has 2 atom stereocenters. The molecule has 2 aromatic rings. The first-order valence-corrected chi connectivity index (χ1v) is 13.1. The number of benzene rings is 1. The second-order valence-electron chi connectivity index (χ2n) is 9.94. The van der Waals surface area contributed by atoms with Crippen molar-refractivity contribution in [2.45, 2.75) is 76.9 Å². The quantitative estimate of drug-likeness (QED) is 0.457. The predicted molar refractivity (Wildman–Crippen MR) is 135 cm³/mol. The highest BCUT2D eigenvalue weighted by Gasteiger charge is 2.28. The van der Waals surface area contributed by atoms with Crippen LogP contribution >= 0.6 is 0 Å². The van der Waals surface area contributed by atoms with E-state index in [9.17, 15) is 0 Å². The number of rotatable bonds is 10. The second kappa shape index (κ2) is 12.5. The van der Waals surface area contributed by atoms with Gasteiger partial charge in [-0.3, -0.25) is 0 Å². The first-order valence-electron chi connectivity index (χ1n) is 13.1. The Morgan fingerprint density at radius 2 is 1.82 bits per heavy atom. The van der Waals surface area contributed by atoms with Gasteiger partial charge in [-0.2, -0.15) is 5.10 Å². The van der Waals surface area contributed by atoms with Crippen LogP contribution in [0.1, 0.15) is 64.0 Å². The molecule has 0 N–H and O–H groups in total. The van der Waals surface area contributed by atoms with Crippen molar-refractivity contribution in [1.29, 1.82) is 0 Å². The number of aryl methyl sites for hydroxylation is 1. The van der Waals surface area contributed by atoms with Crippen molar-refractivity contribution in [2.75, 3.05) is 33.9 Å². The van der Waals surface area contributed by atoms with E-state index in [1.807, 2.05) is 0 Å². The molecule has 2 aliphatic rings. The topological polar surface area (TPSA) is 56.7 Å². The van der Waals surface area contributed by atoms with E-state index in [1.54, 1.807) is 7.11 Å². The summed E-state index contributed by atoms with van der Waals surface area (Å²) in [5.41, 5.74) is 3.27. The van der Waals surface area contributed by atoms with Gasteiger partial charge in [-0.15, -0.1) is 5.10 Å². The lowest BCUT2D eigenvalue weighted by Crippen LogP contribution is -2.44. The van der Waals surface area contributed by atoms with Gasteiger partial charge in [0.2, 0.25) is 5.88 Å². The molecule has 6 heteroatoms. The third-order valence-corrected chi connectivity index (χ3v) is 7.28. The van der Waals surface area contributed by atoms with Crippen LogP contribution in [0.15, 0.2) is 30.3 Å². The van der Waals surface area contributed by atoms with Crippen LogP contribution in [0, 0.1) is 5.92 Å². The normalized spacial score (nSPS) is 22.0. The highest BCUT2D eigenvalue weighted by molar-refractivity contribution is 5.67. The number of likely N-dealkylation sites (N-methyl/N-ethyl adjacent to an activating group) is 1. The Bertz CT molecular complexity index is 883. The smallest absolute Gasteiger partial charge is 0.234 e. The molecular formula is C28H41N3O3. The summed E-state index contributed by atoms with van der Waals surface area (Å²) in [4.78, 5) is 2.31. The summed E-state index contributed by atoms with van der Waals surface area (Å²) in [5.74, 6) is 1.91. The third-order valence-electron chi connectivity index (χ3n) is 7.28. The molecule has 1 saturated heterocycles. The molecule has 34 heavy (non-hydrogen) atoms. The van der Waals surface area contributed by atoms with E-state index in [2.05, 4.69) is 59.4 Å². The summed E-state index contributed by atoms with van der Waals surface area (Å²) in [7, 11) is 3.93. The number of methoxy groups -OCH3 is 1. The van der Waals surface area contributed by atoms with Gasteiger partial charge < -0.3 is 19.1 Å². The van der Waals surface area contributed by atoms with E-state index < -0.39 is 0 Å². The molecule has 2 heterocycles. The van der Waals surface area contributed by atoms with Crippen LogP contribution in [0.2, 0.25) is 0 Å². The Morgan fingerprint density at radius 1 is 1.03 bits per heavy atom. The standard InChI is InChI=1S/C28H41N3O3/c1-4-5-11-26-25(21-12-14-24(15-13-21)34-23-9-7-6-8-10-23)18-28(30-29-26)33-20-22-16-17-31(2)19-27(22)32-3/h12-15,18,22-23,27H,4-11,16-17,19-20H2,1-3H3/t22-,27+/m0/s1. The molecule has 2 fully saturated rings. The van der Waals surface area contributed by atoms with Crippen molar-refractivity contribution < 1.29 is 14.2 Å². The summed E-state index contributed by atoms with van der Waals surface area (Å²) in [6.07, 6.45) is 11.0. The molecule has 0 amide bonds. The van der Waals surface area contributed by atoms with E-state index >= 15 is 0 Å². The maximum Gasteiger partial charge on any atom is 0.234 e. The Balaban J connectivity index is 1.46. The zero-order chi connectivity index (χ0) is 23.8. The number of likely N-dealkylation sites (tertiary alicyclic amines) is 1. The summed E-state index contributed by atoms with van der Waals surface area (Å²) in [6, 6.07) is 10.5. The molecule has 186 valence electrons. The van der Waals surface area contributed by atoms with Crippen LogP contribution in [0.4, 0.5) is 0 Å². The van der Waals surface area contributed by atoms with E-state index in [1.165, 1.54) is 32.1 Å². The zero-order valence-electron chi connectivity index (χ0n) is 21.2. The Hall–Kier alpha value is -2.18. The number of hydrogen-bond donors (Lipinski definition) is 0. The predicted octanol–water partition coefficient (Wildman–Crippen LogP) is 5.54. The van der Waals surface area contributed by atoms with Crippen molar-refractivity contribution in [3.05, 3.63) is 36.0 Å². The van der Waals surface area contributed by atoms with Crippen molar-refractivity contribution >= 4 is 0 Å². The Kier molecular flexibility index (Phi) is 9.17. The minimum atomic E-state index is 0.187. The number of ether oxygens (including phenoxy) is 3. The molecule has 1 aromatic carbocycles. The molecule has 1 aliphatic heterocycles. The lowest BCUT2D eigenvalue weighted by atomic mass is 9.95. The van der Waals surface area contributed by atoms with Gasteiger partial charge >= 0.3 is 0 Å². The monoisotopic (exact) mass is 467 g/mol.